The van der Waals surface area contributed by atoms with Crippen molar-refractivity contribution in [2.24, 2.45) is 0 Å². The molecule has 0 unspecified atom stereocenters. The number of cyclic esters (lactones) is 1. The monoisotopic (exact) mass is 409 g/mol. The highest BCUT2D eigenvalue weighted by Crippen LogP contribution is 2.26. The number of hydrogen-bond acceptors (Lipinski definition) is 8. The molecule has 0 bridgehead atoms. The van der Waals surface area contributed by atoms with Gasteiger partial charge in [-0.15, -0.1) is 0 Å². The minimum absolute atomic E-state index is 0.143. The molecule has 1 saturated heterocycles. The molecule has 2 N–H and O–H groups in total. The van der Waals surface area contributed by atoms with Gasteiger partial charge in [0.15, 0.2) is 0 Å². The Hall–Kier alpha value is -3.62. The van der Waals surface area contributed by atoms with Crippen molar-refractivity contribution in [3.05, 3.63) is 42.1 Å². The molecular weight excluding hydrogens is 386 g/mol. The molecular formula is C21H23N5O4. The molecule has 0 radical (unpaired) electrons. The van der Waals surface area contributed by atoms with Crippen molar-refractivity contribution in [2.45, 2.75) is 32.9 Å². The van der Waals surface area contributed by atoms with Gasteiger partial charge in [-0.3, -0.25) is 0 Å². The van der Waals surface area contributed by atoms with Crippen LogP contribution in [0.5, 0.6) is 5.75 Å². The first-order valence-electron chi connectivity index (χ1n) is 9.72. The number of hydrogen-bond donors (Lipinski definition) is 2. The van der Waals surface area contributed by atoms with Gasteiger partial charge in [-0.05, 0) is 57.2 Å². The summed E-state index contributed by atoms with van der Waals surface area (Å²) in [5.41, 5.74) is 2.48. The van der Waals surface area contributed by atoms with Crippen LogP contribution in [0.2, 0.25) is 0 Å². The molecule has 3 heterocycles. The topological polar surface area (TPSA) is 111 Å². The van der Waals surface area contributed by atoms with Crippen LogP contribution in [0.15, 0.2) is 40.9 Å². The second-order valence-corrected chi connectivity index (χ2v) is 7.38. The summed E-state index contributed by atoms with van der Waals surface area (Å²) in [5.74, 6) is 2.36. The molecule has 1 aromatic carbocycles. The minimum Gasteiger partial charge on any atom is -0.491 e. The van der Waals surface area contributed by atoms with Gasteiger partial charge in [-0.25, -0.2) is 9.78 Å². The number of rotatable bonds is 7. The fraction of sp³-hybridized carbons (Fsp3) is 0.333. The van der Waals surface area contributed by atoms with Gasteiger partial charge in [0.25, 0.3) is 5.89 Å². The summed E-state index contributed by atoms with van der Waals surface area (Å²) in [6.45, 7) is 6.68. The molecule has 9 heteroatoms. The number of pyridine rings is 1. The predicted octanol–water partition coefficient (Wildman–Crippen LogP) is 3.41. The summed E-state index contributed by atoms with van der Waals surface area (Å²) in [5, 5.41) is 10.1. The second-order valence-electron chi connectivity index (χ2n) is 7.38. The number of carbonyl (C=O) groups is 1. The van der Waals surface area contributed by atoms with Crippen LogP contribution >= 0.6 is 0 Å². The van der Waals surface area contributed by atoms with Gasteiger partial charge >= 0.3 is 6.09 Å². The Kier molecular flexibility index (Phi) is 5.51. The number of amides is 1. The van der Waals surface area contributed by atoms with E-state index in [1.54, 1.807) is 0 Å². The van der Waals surface area contributed by atoms with Crippen LogP contribution in [-0.2, 0) is 4.74 Å². The standard InChI is InChI=1S/C21H23N5O4/c1-12(2)22-18-9-15(8-13(3)23-18)20-25-19(26-30-20)14-4-6-17(7-5-14)28-10-16-11-29-21(27)24-16/h4-9,12,16H,10-11H2,1-3H3,(H,22,23)(H,24,27)/t16-/m0/s1. The Morgan fingerprint density at radius 3 is 2.70 bits per heavy atom. The third-order valence-electron chi connectivity index (χ3n) is 4.36. The quantitative estimate of drug-likeness (QED) is 0.611. The van der Waals surface area contributed by atoms with E-state index in [9.17, 15) is 4.79 Å². The summed E-state index contributed by atoms with van der Waals surface area (Å²) >= 11 is 0. The van der Waals surface area contributed by atoms with E-state index in [0.717, 1.165) is 22.6 Å². The fourth-order valence-corrected chi connectivity index (χ4v) is 3.03. The molecule has 0 aliphatic carbocycles. The highest BCUT2D eigenvalue weighted by molar-refractivity contribution is 5.69. The molecule has 1 aliphatic heterocycles. The van der Waals surface area contributed by atoms with Gasteiger partial charge in [0.05, 0.1) is 0 Å². The highest BCUT2D eigenvalue weighted by atomic mass is 16.6. The molecule has 1 atom stereocenters. The van der Waals surface area contributed by atoms with Gasteiger partial charge < -0.3 is 24.6 Å². The van der Waals surface area contributed by atoms with Crippen LogP contribution in [0, 0.1) is 6.92 Å². The van der Waals surface area contributed by atoms with Crippen molar-refractivity contribution in [1.82, 2.24) is 20.4 Å². The van der Waals surface area contributed by atoms with Crippen LogP contribution in [0.25, 0.3) is 22.8 Å². The summed E-state index contributed by atoms with van der Waals surface area (Å²) in [6.07, 6.45) is -0.414. The molecule has 3 aromatic rings. The Balaban J connectivity index is 1.45. The van der Waals surface area contributed by atoms with Crippen molar-refractivity contribution < 1.29 is 18.8 Å². The summed E-state index contributed by atoms with van der Waals surface area (Å²) in [4.78, 5) is 20.0. The van der Waals surface area contributed by atoms with E-state index in [-0.39, 0.29) is 12.1 Å². The van der Waals surface area contributed by atoms with Crippen LogP contribution in [-0.4, -0.2) is 46.5 Å². The van der Waals surface area contributed by atoms with Gasteiger partial charge in [-0.1, -0.05) is 5.16 Å². The lowest BCUT2D eigenvalue weighted by Crippen LogP contribution is -2.32. The van der Waals surface area contributed by atoms with E-state index in [1.807, 2.05) is 43.3 Å². The number of aryl methyl sites for hydroxylation is 1. The number of anilines is 1. The lowest BCUT2D eigenvalue weighted by molar-refractivity contribution is 0.174. The largest absolute Gasteiger partial charge is 0.491 e. The molecule has 0 spiro atoms. The lowest BCUT2D eigenvalue weighted by atomic mass is 10.2. The van der Waals surface area contributed by atoms with Crippen molar-refractivity contribution in [1.29, 1.82) is 0 Å². The summed E-state index contributed by atoms with van der Waals surface area (Å²) < 4.78 is 16.0. The van der Waals surface area contributed by atoms with Crippen LogP contribution < -0.4 is 15.4 Å². The molecule has 1 fully saturated rings. The Morgan fingerprint density at radius 1 is 1.20 bits per heavy atom. The van der Waals surface area contributed by atoms with Crippen molar-refractivity contribution in [3.8, 4) is 28.6 Å². The lowest BCUT2D eigenvalue weighted by Gasteiger charge is -2.10. The smallest absolute Gasteiger partial charge is 0.407 e. The number of nitrogens with one attached hydrogen (secondary N) is 2. The SMILES string of the molecule is Cc1cc(-c2nc(-c3ccc(OC[C@H]4COC(=O)N4)cc3)no2)cc(NC(C)C)n1. The van der Waals surface area contributed by atoms with Crippen molar-refractivity contribution >= 4 is 11.9 Å². The third kappa shape index (κ3) is 4.68. The Morgan fingerprint density at radius 2 is 2.00 bits per heavy atom. The maximum absolute atomic E-state index is 11.0. The number of carbonyl (C=O) groups excluding carboxylic acids is 1. The molecule has 1 amide bonds. The molecule has 156 valence electrons. The molecule has 9 nitrogen and oxygen atoms in total. The van der Waals surface area contributed by atoms with Gasteiger partial charge in [0.2, 0.25) is 5.82 Å². The zero-order chi connectivity index (χ0) is 21.1. The Bertz CT molecular complexity index is 1030. The zero-order valence-corrected chi connectivity index (χ0v) is 17.0. The maximum atomic E-state index is 11.0. The fourth-order valence-electron chi connectivity index (χ4n) is 3.03. The number of ether oxygens (including phenoxy) is 2. The van der Waals surface area contributed by atoms with Crippen molar-refractivity contribution in [3.63, 3.8) is 0 Å². The molecule has 0 saturated carbocycles. The number of alkyl carbamates (subject to hydrolysis) is 1. The predicted molar refractivity (Wildman–Crippen MR) is 110 cm³/mol. The molecule has 1 aliphatic rings. The molecule has 30 heavy (non-hydrogen) atoms. The maximum Gasteiger partial charge on any atom is 0.407 e. The van der Waals surface area contributed by atoms with Gasteiger partial charge in [0, 0.05) is 22.9 Å². The van der Waals surface area contributed by atoms with Gasteiger partial charge in [-0.2, -0.15) is 4.98 Å². The first-order valence-corrected chi connectivity index (χ1v) is 9.72. The third-order valence-corrected chi connectivity index (χ3v) is 4.36. The summed E-state index contributed by atoms with van der Waals surface area (Å²) in [6, 6.07) is 11.3. The van der Waals surface area contributed by atoms with Crippen LogP contribution in [0.1, 0.15) is 19.5 Å². The second kappa shape index (κ2) is 8.40. The van der Waals surface area contributed by atoms with E-state index < -0.39 is 6.09 Å². The van der Waals surface area contributed by atoms with E-state index in [4.69, 9.17) is 14.0 Å². The average Bonchev–Trinajstić information content (AvgIpc) is 3.35. The van der Waals surface area contributed by atoms with E-state index in [2.05, 4.69) is 39.6 Å². The minimum atomic E-state index is -0.414. The van der Waals surface area contributed by atoms with Crippen molar-refractivity contribution in [2.75, 3.05) is 18.5 Å². The van der Waals surface area contributed by atoms with Gasteiger partial charge in [0.1, 0.15) is 30.8 Å². The zero-order valence-electron chi connectivity index (χ0n) is 17.0. The molecule has 2 aromatic heterocycles. The average molecular weight is 409 g/mol. The van der Waals surface area contributed by atoms with Crippen LogP contribution in [0.3, 0.4) is 0 Å². The van der Waals surface area contributed by atoms with E-state index in [0.29, 0.717) is 30.7 Å². The van der Waals surface area contributed by atoms with E-state index >= 15 is 0 Å². The normalized spacial score (nSPS) is 15.7. The first-order chi connectivity index (χ1) is 14.5. The van der Waals surface area contributed by atoms with E-state index in [1.165, 1.54) is 0 Å². The summed E-state index contributed by atoms with van der Waals surface area (Å²) in [7, 11) is 0. The highest BCUT2D eigenvalue weighted by Gasteiger charge is 2.22. The first kappa shape index (κ1) is 19.7. The number of benzene rings is 1. The number of aromatic nitrogens is 3. The molecule has 4 rings (SSSR count). The Labute approximate surface area is 173 Å². The van der Waals surface area contributed by atoms with Crippen LogP contribution in [0.4, 0.5) is 10.6 Å². The number of nitrogens with zero attached hydrogens (tertiary/aromatic N) is 3.